The van der Waals surface area contributed by atoms with Crippen LogP contribution < -0.4 is 14.8 Å². The number of β-amino-alcohol motifs (C(OH)–C–C–N with tert-alkyl or cyclic N) is 1. The molecule has 2 aromatic carbocycles. The second kappa shape index (κ2) is 12.7. The van der Waals surface area contributed by atoms with E-state index in [2.05, 4.69) is 22.0 Å². The number of methoxy groups -OCH3 is 1. The van der Waals surface area contributed by atoms with E-state index in [9.17, 15) is 9.50 Å². The molecule has 0 spiro atoms. The summed E-state index contributed by atoms with van der Waals surface area (Å²) in [6, 6.07) is 12.5. The maximum absolute atomic E-state index is 13.3. The molecule has 6 nitrogen and oxygen atoms in total. The highest BCUT2D eigenvalue weighted by Gasteiger charge is 2.19. The van der Waals surface area contributed by atoms with E-state index in [1.165, 1.54) is 6.07 Å². The molecule has 7 heteroatoms. The quantitative estimate of drug-likeness (QED) is 0.490. The van der Waals surface area contributed by atoms with Gasteiger partial charge in [-0.15, -0.1) is 0 Å². The van der Waals surface area contributed by atoms with E-state index in [-0.39, 0.29) is 12.4 Å². The zero-order valence-electron chi connectivity index (χ0n) is 19.2. The third kappa shape index (κ3) is 7.74. The average Bonchev–Trinajstić information content (AvgIpc) is 2.81. The van der Waals surface area contributed by atoms with Gasteiger partial charge in [0, 0.05) is 39.3 Å². The fourth-order valence-corrected chi connectivity index (χ4v) is 3.92. The van der Waals surface area contributed by atoms with Crippen molar-refractivity contribution < 1.29 is 19.0 Å². The van der Waals surface area contributed by atoms with Crippen molar-refractivity contribution in [2.24, 2.45) is 0 Å². The molecule has 3 rings (SSSR count). The molecule has 1 saturated heterocycles. The Bertz CT molecular complexity index is 828. The summed E-state index contributed by atoms with van der Waals surface area (Å²) >= 11 is 0. The fourth-order valence-electron chi connectivity index (χ4n) is 3.92. The number of aliphatic hydroxyl groups excluding tert-OH is 1. The minimum absolute atomic E-state index is 0.202. The van der Waals surface area contributed by atoms with Crippen LogP contribution in [0.15, 0.2) is 42.5 Å². The van der Waals surface area contributed by atoms with E-state index >= 15 is 0 Å². The molecule has 1 fully saturated rings. The van der Waals surface area contributed by atoms with Crippen molar-refractivity contribution in [3.63, 3.8) is 0 Å². The van der Waals surface area contributed by atoms with Gasteiger partial charge in [-0.3, -0.25) is 4.90 Å². The van der Waals surface area contributed by atoms with E-state index < -0.39 is 6.10 Å². The number of hydrogen-bond acceptors (Lipinski definition) is 6. The number of piperazine rings is 1. The van der Waals surface area contributed by atoms with Gasteiger partial charge in [0.1, 0.15) is 18.5 Å². The predicted octanol–water partition coefficient (Wildman–Crippen LogP) is 2.54. The fraction of sp³-hybridized carbons (Fsp3) is 0.520. The van der Waals surface area contributed by atoms with Gasteiger partial charge in [-0.05, 0) is 54.9 Å². The molecule has 1 aliphatic heterocycles. The lowest BCUT2D eigenvalue weighted by Gasteiger charge is -2.34. The first-order chi connectivity index (χ1) is 15.6. The Morgan fingerprint density at radius 3 is 2.53 bits per heavy atom. The van der Waals surface area contributed by atoms with Crippen LogP contribution in [-0.2, 0) is 13.0 Å². The Labute approximate surface area is 190 Å². The lowest BCUT2D eigenvalue weighted by Crippen LogP contribution is -2.49. The molecular formula is C25H36FN3O3. The highest BCUT2D eigenvalue weighted by Crippen LogP contribution is 2.28. The molecule has 0 aliphatic carbocycles. The number of rotatable bonds is 12. The van der Waals surface area contributed by atoms with Crippen LogP contribution in [0, 0.1) is 5.82 Å². The van der Waals surface area contributed by atoms with E-state index in [1.807, 2.05) is 24.3 Å². The van der Waals surface area contributed by atoms with E-state index in [1.54, 1.807) is 19.2 Å². The van der Waals surface area contributed by atoms with Crippen molar-refractivity contribution >= 4 is 0 Å². The van der Waals surface area contributed by atoms with Crippen molar-refractivity contribution in [1.29, 1.82) is 0 Å². The first-order valence-corrected chi connectivity index (χ1v) is 11.4. The minimum Gasteiger partial charge on any atom is -0.493 e. The molecule has 1 aliphatic rings. The zero-order valence-corrected chi connectivity index (χ0v) is 19.2. The SMILES string of the molecule is CCN1CCN(CC(O)COc2ccc(CNCCc3cccc(F)c3)cc2OC)CC1. The number of halogens is 1. The van der Waals surface area contributed by atoms with Gasteiger partial charge in [-0.25, -0.2) is 4.39 Å². The molecule has 0 saturated carbocycles. The van der Waals surface area contributed by atoms with E-state index in [0.717, 1.165) is 56.8 Å². The van der Waals surface area contributed by atoms with Crippen LogP contribution in [0.4, 0.5) is 4.39 Å². The molecule has 0 amide bonds. The third-order valence-corrected chi connectivity index (χ3v) is 5.85. The molecule has 0 aromatic heterocycles. The molecular weight excluding hydrogens is 409 g/mol. The summed E-state index contributed by atoms with van der Waals surface area (Å²) in [5.74, 6) is 1.08. The van der Waals surface area contributed by atoms with Crippen LogP contribution >= 0.6 is 0 Å². The van der Waals surface area contributed by atoms with Crippen LogP contribution in [0.2, 0.25) is 0 Å². The Kier molecular flexibility index (Phi) is 9.74. The summed E-state index contributed by atoms with van der Waals surface area (Å²) in [5, 5.41) is 13.8. The van der Waals surface area contributed by atoms with Gasteiger partial charge in [0.15, 0.2) is 11.5 Å². The topological polar surface area (TPSA) is 57.2 Å². The zero-order chi connectivity index (χ0) is 22.8. The van der Waals surface area contributed by atoms with Crippen molar-refractivity contribution in [3.8, 4) is 11.5 Å². The molecule has 2 N–H and O–H groups in total. The first-order valence-electron chi connectivity index (χ1n) is 11.4. The lowest BCUT2D eigenvalue weighted by atomic mass is 10.1. The summed E-state index contributed by atoms with van der Waals surface area (Å²) < 4.78 is 24.6. The van der Waals surface area contributed by atoms with Crippen molar-refractivity contribution in [1.82, 2.24) is 15.1 Å². The van der Waals surface area contributed by atoms with Gasteiger partial charge in [0.25, 0.3) is 0 Å². The van der Waals surface area contributed by atoms with Gasteiger partial charge in [-0.1, -0.05) is 25.1 Å². The summed E-state index contributed by atoms with van der Waals surface area (Å²) in [6.07, 6.45) is 0.221. The van der Waals surface area contributed by atoms with E-state index in [4.69, 9.17) is 9.47 Å². The van der Waals surface area contributed by atoms with Crippen LogP contribution in [0.1, 0.15) is 18.1 Å². The average molecular weight is 446 g/mol. The smallest absolute Gasteiger partial charge is 0.161 e. The van der Waals surface area contributed by atoms with Crippen molar-refractivity contribution in [3.05, 3.63) is 59.4 Å². The maximum Gasteiger partial charge on any atom is 0.161 e. The number of nitrogens with one attached hydrogen (secondary N) is 1. The molecule has 1 heterocycles. The van der Waals surface area contributed by atoms with E-state index in [0.29, 0.717) is 24.6 Å². The van der Waals surface area contributed by atoms with Gasteiger partial charge in [-0.2, -0.15) is 0 Å². The van der Waals surface area contributed by atoms with Gasteiger partial charge < -0.3 is 24.8 Å². The Morgan fingerprint density at radius 1 is 1.03 bits per heavy atom. The largest absolute Gasteiger partial charge is 0.493 e. The summed E-state index contributed by atoms with van der Waals surface area (Å²) in [5.41, 5.74) is 2.05. The van der Waals surface area contributed by atoms with Gasteiger partial charge in [0.05, 0.1) is 7.11 Å². The number of nitrogens with zero attached hydrogens (tertiary/aromatic N) is 2. The molecule has 0 bridgehead atoms. The summed E-state index contributed by atoms with van der Waals surface area (Å²) in [7, 11) is 1.62. The third-order valence-electron chi connectivity index (χ3n) is 5.85. The monoisotopic (exact) mass is 445 g/mol. The molecule has 1 atom stereocenters. The highest BCUT2D eigenvalue weighted by molar-refractivity contribution is 5.43. The number of aliphatic hydroxyl groups is 1. The lowest BCUT2D eigenvalue weighted by molar-refractivity contribution is 0.0464. The van der Waals surface area contributed by atoms with Crippen LogP contribution in [0.25, 0.3) is 0 Å². The van der Waals surface area contributed by atoms with Crippen LogP contribution in [0.5, 0.6) is 11.5 Å². The summed E-state index contributed by atoms with van der Waals surface area (Å²) in [6.45, 7) is 9.61. The Hall–Kier alpha value is -2.19. The standard InChI is InChI=1S/C25H36FN3O3/c1-3-28-11-13-29(14-12-28)18-23(30)19-32-24-8-7-21(16-25(24)31-2)17-27-10-9-20-5-4-6-22(26)15-20/h4-8,15-16,23,27,30H,3,9-14,17-19H2,1-2H3. The predicted molar refractivity (Wildman–Crippen MR) is 125 cm³/mol. The molecule has 32 heavy (non-hydrogen) atoms. The maximum atomic E-state index is 13.3. The number of benzene rings is 2. The molecule has 1 unspecified atom stereocenters. The number of likely N-dealkylation sites (N-methyl/N-ethyl adjacent to an activating group) is 1. The number of ether oxygens (including phenoxy) is 2. The Morgan fingerprint density at radius 2 is 1.81 bits per heavy atom. The normalized spacial score (nSPS) is 16.1. The molecule has 176 valence electrons. The second-order valence-corrected chi connectivity index (χ2v) is 8.24. The molecule has 2 aromatic rings. The van der Waals surface area contributed by atoms with Crippen LogP contribution in [-0.4, -0.2) is 80.5 Å². The second-order valence-electron chi connectivity index (χ2n) is 8.24. The van der Waals surface area contributed by atoms with Crippen molar-refractivity contribution in [2.75, 3.05) is 59.5 Å². The first kappa shape index (κ1) is 24.5. The minimum atomic E-state index is -0.544. The Balaban J connectivity index is 1.41. The number of hydrogen-bond donors (Lipinski definition) is 2. The molecule has 0 radical (unpaired) electrons. The van der Waals surface area contributed by atoms with Crippen molar-refractivity contribution in [2.45, 2.75) is 26.0 Å². The highest BCUT2D eigenvalue weighted by atomic mass is 19.1. The van der Waals surface area contributed by atoms with Crippen LogP contribution in [0.3, 0.4) is 0 Å². The van der Waals surface area contributed by atoms with Gasteiger partial charge >= 0.3 is 0 Å². The van der Waals surface area contributed by atoms with Gasteiger partial charge in [0.2, 0.25) is 0 Å². The summed E-state index contributed by atoms with van der Waals surface area (Å²) in [4.78, 5) is 4.71.